The van der Waals surface area contributed by atoms with Crippen LogP contribution in [0.25, 0.3) is 0 Å². The summed E-state index contributed by atoms with van der Waals surface area (Å²) in [5.41, 5.74) is 1.30. The summed E-state index contributed by atoms with van der Waals surface area (Å²) in [6.07, 6.45) is 1.60. The monoisotopic (exact) mass is 205 g/mol. The van der Waals surface area contributed by atoms with Crippen molar-refractivity contribution in [3.63, 3.8) is 0 Å². The summed E-state index contributed by atoms with van der Waals surface area (Å²) in [4.78, 5) is 14.7. The first-order valence-corrected chi connectivity index (χ1v) is 4.37. The molecule has 4 nitrogen and oxygen atoms in total. The minimum Gasteiger partial charge on any atom is -0.468 e. The van der Waals surface area contributed by atoms with E-state index < -0.39 is 0 Å². The number of aromatic nitrogens is 1. The zero-order valence-electron chi connectivity index (χ0n) is 8.36. The number of nitrogens with zero attached hydrogens (tertiary/aromatic N) is 1. The highest BCUT2D eigenvalue weighted by Gasteiger charge is 1.94. The Morgan fingerprint density at radius 2 is 2.40 bits per heavy atom. The molecule has 1 aromatic heterocycles. The molecule has 15 heavy (non-hydrogen) atoms. The van der Waals surface area contributed by atoms with E-state index in [2.05, 4.69) is 21.6 Å². The van der Waals surface area contributed by atoms with Gasteiger partial charge >= 0.3 is 5.97 Å². The average molecular weight is 205 g/mol. The van der Waals surface area contributed by atoms with Crippen LogP contribution in [0.3, 0.4) is 0 Å². The minimum atomic E-state index is -0.366. The molecule has 0 aliphatic heterocycles. The van der Waals surface area contributed by atoms with Crippen molar-refractivity contribution in [3.8, 4) is 11.8 Å². The highest BCUT2D eigenvalue weighted by molar-refractivity contribution is 5.72. The molecule has 0 atom stereocenters. The molecular formula is C11H11NO3. The van der Waals surface area contributed by atoms with Crippen LogP contribution in [0.2, 0.25) is 0 Å². The van der Waals surface area contributed by atoms with Crippen molar-refractivity contribution in [2.24, 2.45) is 0 Å². The van der Waals surface area contributed by atoms with Gasteiger partial charge in [0.1, 0.15) is 12.1 Å². The molecular weight excluding hydrogens is 194 g/mol. The molecule has 0 aliphatic carbocycles. The van der Waals surface area contributed by atoms with Crippen LogP contribution in [0.5, 0.6) is 0 Å². The second-order valence-electron chi connectivity index (χ2n) is 2.76. The fraction of sp³-hybridized carbons (Fsp3) is 0.273. The molecule has 1 heterocycles. The lowest BCUT2D eigenvalue weighted by molar-refractivity contribution is -0.139. The Labute approximate surface area is 87.9 Å². The van der Waals surface area contributed by atoms with Crippen molar-refractivity contribution in [2.45, 2.75) is 13.0 Å². The summed E-state index contributed by atoms with van der Waals surface area (Å²) in [6, 6.07) is 3.42. The molecule has 0 bridgehead atoms. The molecule has 0 saturated carbocycles. The molecule has 1 aromatic rings. The van der Waals surface area contributed by atoms with E-state index in [4.69, 9.17) is 5.11 Å². The number of aliphatic hydroxyl groups is 1. The standard InChI is InChI=1S/C11H11NO3/c1-15-11(14)4-2-3-10-6-5-9(8-13)7-12-10/h5-7,13H,4,8H2,1H3. The fourth-order valence-electron chi connectivity index (χ4n) is 0.871. The molecule has 0 amide bonds. The zero-order valence-corrected chi connectivity index (χ0v) is 8.36. The normalized spacial score (nSPS) is 8.93. The number of carbonyl (C=O) groups excluding carboxylic acids is 1. The van der Waals surface area contributed by atoms with Crippen LogP contribution < -0.4 is 0 Å². The van der Waals surface area contributed by atoms with E-state index >= 15 is 0 Å². The Kier molecular flexibility index (Phi) is 4.32. The largest absolute Gasteiger partial charge is 0.468 e. The van der Waals surface area contributed by atoms with E-state index in [1.807, 2.05) is 0 Å². The van der Waals surface area contributed by atoms with Crippen LogP contribution >= 0.6 is 0 Å². The fourth-order valence-corrected chi connectivity index (χ4v) is 0.871. The Hall–Kier alpha value is -1.86. The third-order valence-electron chi connectivity index (χ3n) is 1.68. The quantitative estimate of drug-likeness (QED) is 0.564. The van der Waals surface area contributed by atoms with Gasteiger partial charge in [-0.25, -0.2) is 4.98 Å². The molecule has 0 saturated heterocycles. The van der Waals surface area contributed by atoms with Crippen LogP contribution in [0.15, 0.2) is 18.3 Å². The Bertz CT molecular complexity index is 387. The summed E-state index contributed by atoms with van der Waals surface area (Å²) in [6.45, 7) is -0.0388. The van der Waals surface area contributed by atoms with Gasteiger partial charge in [-0.1, -0.05) is 12.0 Å². The number of pyridine rings is 1. The van der Waals surface area contributed by atoms with E-state index in [1.165, 1.54) is 7.11 Å². The second-order valence-corrected chi connectivity index (χ2v) is 2.76. The van der Waals surface area contributed by atoms with Gasteiger partial charge in [0.25, 0.3) is 0 Å². The number of esters is 1. The van der Waals surface area contributed by atoms with Crippen molar-refractivity contribution in [3.05, 3.63) is 29.6 Å². The minimum absolute atomic E-state index is 0.0388. The zero-order chi connectivity index (χ0) is 11.1. The topological polar surface area (TPSA) is 59.4 Å². The highest BCUT2D eigenvalue weighted by atomic mass is 16.5. The summed E-state index contributed by atoms with van der Waals surface area (Å²) in [7, 11) is 1.32. The SMILES string of the molecule is COC(=O)CC#Cc1ccc(CO)cn1. The van der Waals surface area contributed by atoms with Gasteiger partial charge in [-0.3, -0.25) is 4.79 Å². The first-order chi connectivity index (χ1) is 7.26. The predicted octanol–water partition coefficient (Wildman–Crippen LogP) is 0.488. The first kappa shape index (κ1) is 11.2. The predicted molar refractivity (Wildman–Crippen MR) is 53.7 cm³/mol. The van der Waals surface area contributed by atoms with E-state index in [0.29, 0.717) is 5.69 Å². The molecule has 0 unspecified atom stereocenters. The molecule has 1 rings (SSSR count). The van der Waals surface area contributed by atoms with Crippen LogP contribution in [-0.4, -0.2) is 23.2 Å². The van der Waals surface area contributed by atoms with Crippen LogP contribution in [-0.2, 0) is 16.1 Å². The first-order valence-electron chi connectivity index (χ1n) is 4.37. The molecule has 4 heteroatoms. The molecule has 0 spiro atoms. The lowest BCUT2D eigenvalue weighted by Crippen LogP contribution is -1.97. The smallest absolute Gasteiger partial charge is 0.317 e. The van der Waals surface area contributed by atoms with Gasteiger partial charge in [-0.2, -0.15) is 0 Å². The van der Waals surface area contributed by atoms with E-state index in [9.17, 15) is 4.79 Å². The van der Waals surface area contributed by atoms with Crippen LogP contribution in [0, 0.1) is 11.8 Å². The van der Waals surface area contributed by atoms with Gasteiger partial charge in [0, 0.05) is 6.20 Å². The van der Waals surface area contributed by atoms with Gasteiger partial charge < -0.3 is 9.84 Å². The average Bonchev–Trinajstić information content (AvgIpc) is 2.29. The Morgan fingerprint density at radius 1 is 1.60 bits per heavy atom. The lowest BCUT2D eigenvalue weighted by atomic mass is 10.2. The third-order valence-corrected chi connectivity index (χ3v) is 1.68. The maximum Gasteiger partial charge on any atom is 0.317 e. The Morgan fingerprint density at radius 3 is 2.93 bits per heavy atom. The van der Waals surface area contributed by atoms with E-state index in [1.54, 1.807) is 18.3 Å². The number of hydrogen-bond donors (Lipinski definition) is 1. The van der Waals surface area contributed by atoms with Crippen molar-refractivity contribution in [2.75, 3.05) is 7.11 Å². The number of hydrogen-bond acceptors (Lipinski definition) is 4. The number of ether oxygens (including phenoxy) is 1. The molecule has 1 N–H and O–H groups in total. The van der Waals surface area contributed by atoms with E-state index in [0.717, 1.165) is 5.56 Å². The number of rotatable bonds is 2. The molecule has 0 aromatic carbocycles. The summed E-state index contributed by atoms with van der Waals surface area (Å²) in [5.74, 6) is 4.99. The highest BCUT2D eigenvalue weighted by Crippen LogP contribution is 1.98. The van der Waals surface area contributed by atoms with Crippen LogP contribution in [0.1, 0.15) is 17.7 Å². The van der Waals surface area contributed by atoms with Crippen molar-refractivity contribution in [1.82, 2.24) is 4.98 Å². The van der Waals surface area contributed by atoms with Gasteiger partial charge in [0.05, 0.1) is 13.7 Å². The number of aliphatic hydroxyl groups excluding tert-OH is 1. The molecule has 78 valence electrons. The van der Waals surface area contributed by atoms with Crippen molar-refractivity contribution < 1.29 is 14.6 Å². The van der Waals surface area contributed by atoms with Crippen LogP contribution in [0.4, 0.5) is 0 Å². The van der Waals surface area contributed by atoms with Crippen molar-refractivity contribution >= 4 is 5.97 Å². The number of methoxy groups -OCH3 is 1. The second kappa shape index (κ2) is 5.78. The maximum atomic E-state index is 10.7. The van der Waals surface area contributed by atoms with E-state index in [-0.39, 0.29) is 19.0 Å². The molecule has 0 aliphatic rings. The van der Waals surface area contributed by atoms with Gasteiger partial charge in [-0.05, 0) is 17.6 Å². The van der Waals surface area contributed by atoms with Gasteiger partial charge in [0.15, 0.2) is 0 Å². The Balaban J connectivity index is 2.60. The van der Waals surface area contributed by atoms with Crippen molar-refractivity contribution in [1.29, 1.82) is 0 Å². The summed E-state index contributed by atoms with van der Waals surface area (Å²) >= 11 is 0. The summed E-state index contributed by atoms with van der Waals surface area (Å²) < 4.78 is 4.43. The molecule has 0 radical (unpaired) electrons. The maximum absolute atomic E-state index is 10.7. The number of carbonyl (C=O) groups is 1. The lowest BCUT2D eigenvalue weighted by Gasteiger charge is -1.93. The summed E-state index contributed by atoms with van der Waals surface area (Å²) in [5, 5.41) is 8.77. The third kappa shape index (κ3) is 3.79. The van der Waals surface area contributed by atoms with Gasteiger partial charge in [-0.15, -0.1) is 0 Å². The molecule has 0 fully saturated rings. The van der Waals surface area contributed by atoms with Gasteiger partial charge in [0.2, 0.25) is 0 Å².